The van der Waals surface area contributed by atoms with Gasteiger partial charge in [-0.25, -0.2) is 0 Å². The van der Waals surface area contributed by atoms with Crippen LogP contribution in [0.2, 0.25) is 5.02 Å². The van der Waals surface area contributed by atoms with E-state index in [4.69, 9.17) is 11.6 Å². The number of halogens is 1. The summed E-state index contributed by atoms with van der Waals surface area (Å²) in [6.45, 7) is 2.01. The van der Waals surface area contributed by atoms with Crippen LogP contribution in [0.1, 0.15) is 28.7 Å². The Morgan fingerprint density at radius 3 is 2.71 bits per heavy atom. The normalized spacial score (nSPS) is 10.5. The van der Waals surface area contributed by atoms with Gasteiger partial charge in [-0.2, -0.15) is 5.10 Å². The van der Waals surface area contributed by atoms with Crippen molar-refractivity contribution < 1.29 is 4.79 Å². The van der Waals surface area contributed by atoms with Gasteiger partial charge in [-0.1, -0.05) is 30.7 Å². The lowest BCUT2D eigenvalue weighted by atomic mass is 10.1. The van der Waals surface area contributed by atoms with Crippen LogP contribution in [0.4, 0.5) is 0 Å². The smallest absolute Gasteiger partial charge is 0.212 e. The van der Waals surface area contributed by atoms with Crippen LogP contribution >= 0.6 is 11.6 Å². The third kappa shape index (κ3) is 2.24. The first-order chi connectivity index (χ1) is 8.13. The van der Waals surface area contributed by atoms with E-state index < -0.39 is 0 Å². The van der Waals surface area contributed by atoms with E-state index in [-0.39, 0.29) is 5.78 Å². The minimum Gasteiger partial charge on any atom is -0.287 e. The topological polar surface area (TPSA) is 34.9 Å². The van der Waals surface area contributed by atoms with E-state index >= 15 is 0 Å². The summed E-state index contributed by atoms with van der Waals surface area (Å²) in [4.78, 5) is 12.3. The van der Waals surface area contributed by atoms with Crippen LogP contribution in [-0.2, 0) is 13.5 Å². The monoisotopic (exact) mass is 248 g/mol. The summed E-state index contributed by atoms with van der Waals surface area (Å²) < 4.78 is 1.60. The third-order valence-electron chi connectivity index (χ3n) is 2.64. The van der Waals surface area contributed by atoms with Crippen LogP contribution in [0.15, 0.2) is 30.3 Å². The number of hydrogen-bond donors (Lipinski definition) is 0. The number of nitrogens with zero attached hydrogens (tertiary/aromatic N) is 2. The number of benzene rings is 1. The highest BCUT2D eigenvalue weighted by atomic mass is 35.5. The van der Waals surface area contributed by atoms with Gasteiger partial charge in [-0.15, -0.1) is 0 Å². The van der Waals surface area contributed by atoms with Gasteiger partial charge in [0.05, 0.1) is 10.7 Å². The third-order valence-corrected chi connectivity index (χ3v) is 2.97. The molecule has 0 saturated heterocycles. The molecule has 17 heavy (non-hydrogen) atoms. The summed E-state index contributed by atoms with van der Waals surface area (Å²) in [6.07, 6.45) is 0.809. The molecule has 0 aliphatic carbocycles. The molecule has 0 spiro atoms. The Balaban J connectivity index is 2.44. The summed E-state index contributed by atoms with van der Waals surface area (Å²) in [6, 6.07) is 8.86. The Hall–Kier alpha value is -1.61. The van der Waals surface area contributed by atoms with Crippen LogP contribution in [0, 0.1) is 0 Å². The van der Waals surface area contributed by atoms with E-state index in [2.05, 4.69) is 5.10 Å². The Kier molecular flexibility index (Phi) is 3.29. The molecule has 0 aliphatic heterocycles. The summed E-state index contributed by atoms with van der Waals surface area (Å²) in [5, 5.41) is 4.73. The van der Waals surface area contributed by atoms with Crippen molar-refractivity contribution in [3.8, 4) is 0 Å². The van der Waals surface area contributed by atoms with Crippen LogP contribution in [0.3, 0.4) is 0 Å². The molecule has 0 unspecified atom stereocenters. The van der Waals surface area contributed by atoms with E-state index in [1.165, 1.54) is 0 Å². The maximum atomic E-state index is 12.3. The van der Waals surface area contributed by atoms with E-state index in [9.17, 15) is 4.79 Å². The molecular formula is C13H13ClN2O. The van der Waals surface area contributed by atoms with E-state index in [1.807, 2.05) is 13.0 Å². The van der Waals surface area contributed by atoms with Crippen LogP contribution < -0.4 is 0 Å². The van der Waals surface area contributed by atoms with Crippen molar-refractivity contribution in [3.05, 3.63) is 52.3 Å². The molecular weight excluding hydrogens is 236 g/mol. The largest absolute Gasteiger partial charge is 0.287 e. The maximum absolute atomic E-state index is 12.3. The molecule has 2 rings (SSSR count). The SMILES string of the molecule is CCc1cc(C(=O)c2ccccc2Cl)n(C)n1. The summed E-state index contributed by atoms with van der Waals surface area (Å²) in [7, 11) is 1.77. The van der Waals surface area contributed by atoms with Gasteiger partial charge in [0, 0.05) is 12.6 Å². The number of rotatable bonds is 3. The zero-order valence-corrected chi connectivity index (χ0v) is 10.5. The first kappa shape index (κ1) is 11.9. The van der Waals surface area contributed by atoms with Crippen molar-refractivity contribution in [1.29, 1.82) is 0 Å². The first-order valence-corrected chi connectivity index (χ1v) is 5.83. The van der Waals surface area contributed by atoms with Gasteiger partial charge in [0.15, 0.2) is 0 Å². The van der Waals surface area contributed by atoms with E-state index in [1.54, 1.807) is 36.0 Å². The second kappa shape index (κ2) is 4.72. The zero-order valence-electron chi connectivity index (χ0n) is 9.77. The molecule has 4 heteroatoms. The van der Waals surface area contributed by atoms with Crippen molar-refractivity contribution in [2.45, 2.75) is 13.3 Å². The highest BCUT2D eigenvalue weighted by Gasteiger charge is 2.16. The molecule has 1 heterocycles. The van der Waals surface area contributed by atoms with Gasteiger partial charge in [0.1, 0.15) is 5.69 Å². The van der Waals surface area contributed by atoms with Crippen molar-refractivity contribution in [2.24, 2.45) is 7.05 Å². The van der Waals surface area contributed by atoms with E-state index in [0.29, 0.717) is 16.3 Å². The van der Waals surface area contributed by atoms with Crippen LogP contribution in [0.5, 0.6) is 0 Å². The van der Waals surface area contributed by atoms with E-state index in [0.717, 1.165) is 12.1 Å². The first-order valence-electron chi connectivity index (χ1n) is 5.45. The molecule has 1 aromatic heterocycles. The molecule has 0 radical (unpaired) electrons. The number of aryl methyl sites for hydroxylation is 2. The fraction of sp³-hybridized carbons (Fsp3) is 0.231. The van der Waals surface area contributed by atoms with Crippen molar-refractivity contribution >= 4 is 17.4 Å². The number of hydrogen-bond acceptors (Lipinski definition) is 2. The van der Waals surface area contributed by atoms with Gasteiger partial charge in [0.2, 0.25) is 5.78 Å². The second-order valence-corrected chi connectivity index (χ2v) is 4.21. The predicted octanol–water partition coefficient (Wildman–Crippen LogP) is 2.87. The molecule has 0 atom stereocenters. The Labute approximate surface area is 105 Å². The molecule has 0 bridgehead atoms. The molecule has 0 N–H and O–H groups in total. The number of carbonyl (C=O) groups excluding carboxylic acids is 1. The highest BCUT2D eigenvalue weighted by molar-refractivity contribution is 6.34. The van der Waals surface area contributed by atoms with Gasteiger partial charge in [0.25, 0.3) is 0 Å². The lowest BCUT2D eigenvalue weighted by molar-refractivity contribution is 0.103. The number of carbonyl (C=O) groups is 1. The lowest BCUT2D eigenvalue weighted by Crippen LogP contribution is -2.08. The van der Waals surface area contributed by atoms with Crippen molar-refractivity contribution in [1.82, 2.24) is 9.78 Å². The molecule has 2 aromatic rings. The predicted molar refractivity (Wildman–Crippen MR) is 67.5 cm³/mol. The molecule has 88 valence electrons. The molecule has 0 saturated carbocycles. The summed E-state index contributed by atoms with van der Waals surface area (Å²) >= 11 is 6.01. The molecule has 1 aromatic carbocycles. The van der Waals surface area contributed by atoms with Crippen LogP contribution in [0.25, 0.3) is 0 Å². The van der Waals surface area contributed by atoms with Gasteiger partial charge < -0.3 is 0 Å². The van der Waals surface area contributed by atoms with Crippen molar-refractivity contribution in [2.75, 3.05) is 0 Å². The fourth-order valence-corrected chi connectivity index (χ4v) is 1.92. The average molecular weight is 249 g/mol. The van der Waals surface area contributed by atoms with Gasteiger partial charge in [-0.3, -0.25) is 9.48 Å². The van der Waals surface area contributed by atoms with Crippen molar-refractivity contribution in [3.63, 3.8) is 0 Å². The molecule has 0 amide bonds. The lowest BCUT2D eigenvalue weighted by Gasteiger charge is -2.02. The minimum atomic E-state index is -0.0923. The zero-order chi connectivity index (χ0) is 12.4. The second-order valence-electron chi connectivity index (χ2n) is 3.81. The summed E-state index contributed by atoms with van der Waals surface area (Å²) in [5.74, 6) is -0.0923. The Morgan fingerprint density at radius 1 is 1.41 bits per heavy atom. The highest BCUT2D eigenvalue weighted by Crippen LogP contribution is 2.19. The standard InChI is InChI=1S/C13H13ClN2O/c1-3-9-8-12(16(2)15-9)13(17)10-6-4-5-7-11(10)14/h4-8H,3H2,1-2H3. The molecule has 3 nitrogen and oxygen atoms in total. The average Bonchev–Trinajstić information content (AvgIpc) is 2.70. The van der Waals surface area contributed by atoms with Crippen LogP contribution in [-0.4, -0.2) is 15.6 Å². The Morgan fingerprint density at radius 2 is 2.12 bits per heavy atom. The fourth-order valence-electron chi connectivity index (χ4n) is 1.70. The summed E-state index contributed by atoms with van der Waals surface area (Å²) in [5.41, 5.74) is 1.98. The molecule has 0 fully saturated rings. The maximum Gasteiger partial charge on any atom is 0.212 e. The Bertz CT molecular complexity index is 560. The number of aromatic nitrogens is 2. The molecule has 0 aliphatic rings. The van der Waals surface area contributed by atoms with Gasteiger partial charge >= 0.3 is 0 Å². The van der Waals surface area contributed by atoms with Gasteiger partial charge in [-0.05, 0) is 24.6 Å². The quantitative estimate of drug-likeness (QED) is 0.783. The minimum absolute atomic E-state index is 0.0923. The number of ketones is 1.